The highest BCUT2D eigenvalue weighted by Gasteiger charge is 2.39. The normalized spacial score (nSPS) is 16.3. The zero-order valence-corrected chi connectivity index (χ0v) is 18.8. The molecule has 0 bridgehead atoms. The molecule has 3 N–H and O–H groups in total. The van der Waals surface area contributed by atoms with Crippen LogP contribution in [0.15, 0.2) is 12.1 Å². The van der Waals surface area contributed by atoms with E-state index >= 15 is 0 Å². The molecule has 7 nitrogen and oxygen atoms in total. The lowest BCUT2D eigenvalue weighted by atomic mass is 9.91. The Labute approximate surface area is 174 Å². The van der Waals surface area contributed by atoms with Crippen LogP contribution in [0.3, 0.4) is 0 Å². The van der Waals surface area contributed by atoms with E-state index in [1.807, 2.05) is 19.1 Å². The molecule has 2 rings (SSSR count). The first kappa shape index (κ1) is 23.9. The van der Waals surface area contributed by atoms with Gasteiger partial charge in [-0.1, -0.05) is 19.3 Å². The van der Waals surface area contributed by atoms with Gasteiger partial charge in [0, 0.05) is 6.04 Å². The van der Waals surface area contributed by atoms with Crippen molar-refractivity contribution in [2.24, 2.45) is 5.92 Å². The number of ether oxygens (including phenoxy) is 3. The molecule has 164 valence electrons. The lowest BCUT2D eigenvalue weighted by molar-refractivity contribution is -0.116. The van der Waals surface area contributed by atoms with E-state index in [-0.39, 0.29) is 24.5 Å². The van der Waals surface area contributed by atoms with Gasteiger partial charge >= 0.3 is 0 Å². The van der Waals surface area contributed by atoms with Gasteiger partial charge in [0.15, 0.2) is 23.4 Å². The van der Waals surface area contributed by atoms with E-state index in [1.165, 1.54) is 6.42 Å². The fraction of sp³-hybridized carbons (Fsp3) is 0.667. The zero-order chi connectivity index (χ0) is 21.4. The number of nitrogens with one attached hydrogen (secondary N) is 1. The number of carbonyl (C=O) groups excluding carboxylic acids is 1. The van der Waals surface area contributed by atoms with E-state index in [2.05, 4.69) is 5.32 Å². The van der Waals surface area contributed by atoms with Crippen LogP contribution in [0.25, 0.3) is 0 Å². The summed E-state index contributed by atoms with van der Waals surface area (Å²) in [7, 11) is 1.48. The second kappa shape index (κ2) is 11.1. The molecule has 1 aromatic carbocycles. The highest BCUT2D eigenvalue weighted by molar-refractivity contribution is 7.65. The number of rotatable bonds is 11. The van der Waals surface area contributed by atoms with Gasteiger partial charge in [0.1, 0.15) is 6.16 Å². The van der Waals surface area contributed by atoms with Gasteiger partial charge in [0.05, 0.1) is 27.9 Å². The summed E-state index contributed by atoms with van der Waals surface area (Å²) in [4.78, 5) is 33.1. The zero-order valence-electron chi connectivity index (χ0n) is 17.9. The quantitative estimate of drug-likeness (QED) is 0.465. The number of methoxy groups -OCH3 is 3. The molecule has 0 heterocycles. The van der Waals surface area contributed by atoms with Crippen molar-refractivity contribution < 1.29 is 28.8 Å². The Bertz CT molecular complexity index is 650. The molecular formula is C21H35NO6P+. The van der Waals surface area contributed by atoms with Crippen LogP contribution in [0, 0.1) is 5.92 Å². The standard InChI is InChI=1S/C21H35NO6P/c1-15(17-10-19(26-2)21(28-4)20(11-17)27-3)22-12-18(23)14-29(24,25)13-16-8-6-5-7-9-16/h10-11,15-16,22,24-25H,5-9,12-14H2,1-4H3/q+1. The molecule has 0 saturated heterocycles. The molecule has 0 amide bonds. The van der Waals surface area contributed by atoms with Crippen molar-refractivity contribution >= 4 is 13.5 Å². The van der Waals surface area contributed by atoms with Crippen molar-refractivity contribution in [1.82, 2.24) is 5.32 Å². The average Bonchev–Trinajstić information content (AvgIpc) is 2.70. The van der Waals surface area contributed by atoms with Gasteiger partial charge in [-0.3, -0.25) is 4.79 Å². The van der Waals surface area contributed by atoms with Crippen molar-refractivity contribution in [3.8, 4) is 17.2 Å². The van der Waals surface area contributed by atoms with E-state index in [0.717, 1.165) is 31.2 Å². The molecule has 1 atom stereocenters. The van der Waals surface area contributed by atoms with Crippen molar-refractivity contribution in [2.45, 2.75) is 45.1 Å². The van der Waals surface area contributed by atoms with Crippen LogP contribution in [-0.2, 0) is 4.79 Å². The third-order valence-electron chi connectivity index (χ3n) is 5.50. The minimum Gasteiger partial charge on any atom is -0.493 e. The molecule has 1 aliphatic carbocycles. The third kappa shape index (κ3) is 7.10. The molecule has 29 heavy (non-hydrogen) atoms. The first-order chi connectivity index (χ1) is 13.8. The lowest BCUT2D eigenvalue weighted by Gasteiger charge is -2.23. The summed E-state index contributed by atoms with van der Waals surface area (Å²) >= 11 is 0. The minimum atomic E-state index is -3.18. The Kier molecular flexibility index (Phi) is 9.15. The summed E-state index contributed by atoms with van der Waals surface area (Å²) in [5.74, 6) is 1.76. The molecule has 1 fully saturated rings. The summed E-state index contributed by atoms with van der Waals surface area (Å²) < 4.78 is 16.1. The van der Waals surface area contributed by atoms with Gasteiger partial charge in [-0.2, -0.15) is 0 Å². The minimum absolute atomic E-state index is 0.0748. The maximum absolute atomic E-state index is 12.4. The van der Waals surface area contributed by atoms with Crippen LogP contribution in [0.2, 0.25) is 0 Å². The molecule has 0 spiro atoms. The SMILES string of the molecule is COc1cc(C(C)NCC(=O)C[P+](O)(O)CC2CCCCC2)cc(OC)c1OC. The van der Waals surface area contributed by atoms with Crippen molar-refractivity contribution in [2.75, 3.05) is 40.2 Å². The van der Waals surface area contributed by atoms with Gasteiger partial charge in [0.2, 0.25) is 5.75 Å². The summed E-state index contributed by atoms with van der Waals surface area (Å²) in [5.41, 5.74) is 0.878. The predicted octanol–water partition coefficient (Wildman–Crippen LogP) is 3.34. The van der Waals surface area contributed by atoms with Crippen LogP contribution in [0.1, 0.15) is 50.6 Å². The second-order valence-electron chi connectivity index (χ2n) is 7.82. The Morgan fingerprint density at radius 2 is 1.69 bits per heavy atom. The summed E-state index contributed by atoms with van der Waals surface area (Å²) in [6.07, 6.45) is 5.81. The molecule has 1 saturated carbocycles. The van der Waals surface area contributed by atoms with E-state index < -0.39 is 7.72 Å². The Morgan fingerprint density at radius 3 is 2.21 bits per heavy atom. The number of Topliss-reactive ketones (excluding diaryl/α,β-unsaturated/α-hetero) is 1. The van der Waals surface area contributed by atoms with Crippen LogP contribution in [0.4, 0.5) is 0 Å². The summed E-state index contributed by atoms with van der Waals surface area (Å²) in [6, 6.07) is 3.51. The fourth-order valence-electron chi connectivity index (χ4n) is 3.92. The lowest BCUT2D eigenvalue weighted by Crippen LogP contribution is -2.29. The van der Waals surface area contributed by atoms with Gasteiger partial charge in [-0.05, 0) is 43.4 Å². The molecule has 1 aliphatic rings. The topological polar surface area (TPSA) is 97.3 Å². The van der Waals surface area contributed by atoms with Crippen molar-refractivity contribution in [3.63, 3.8) is 0 Å². The molecule has 0 aliphatic heterocycles. The van der Waals surface area contributed by atoms with E-state index in [1.54, 1.807) is 21.3 Å². The van der Waals surface area contributed by atoms with Crippen LogP contribution >= 0.6 is 7.72 Å². The molecule has 0 radical (unpaired) electrons. The van der Waals surface area contributed by atoms with E-state index in [0.29, 0.717) is 29.3 Å². The van der Waals surface area contributed by atoms with Gasteiger partial charge in [-0.25, -0.2) is 9.79 Å². The second-order valence-corrected chi connectivity index (χ2v) is 10.3. The summed E-state index contributed by atoms with van der Waals surface area (Å²) in [6.45, 7) is 2.00. The molecule has 1 aromatic rings. The fourth-order valence-corrected chi connectivity index (χ4v) is 5.92. The highest BCUT2D eigenvalue weighted by Crippen LogP contribution is 2.53. The van der Waals surface area contributed by atoms with E-state index in [4.69, 9.17) is 14.2 Å². The smallest absolute Gasteiger partial charge is 0.275 e. The van der Waals surface area contributed by atoms with Crippen LogP contribution in [0.5, 0.6) is 17.2 Å². The first-order valence-corrected chi connectivity index (χ1v) is 12.2. The maximum atomic E-state index is 12.4. The molecule has 1 unspecified atom stereocenters. The number of carbonyl (C=O) groups is 1. The number of hydrogen-bond donors (Lipinski definition) is 3. The van der Waals surface area contributed by atoms with Gasteiger partial charge in [0.25, 0.3) is 7.72 Å². The Morgan fingerprint density at radius 1 is 1.10 bits per heavy atom. The Hall–Kier alpha value is -1.40. The highest BCUT2D eigenvalue weighted by atomic mass is 31.2. The summed E-state index contributed by atoms with van der Waals surface area (Å²) in [5, 5.41) is 3.16. The number of ketones is 1. The third-order valence-corrected chi connectivity index (χ3v) is 7.46. The first-order valence-electron chi connectivity index (χ1n) is 10.2. The molecular weight excluding hydrogens is 393 g/mol. The van der Waals surface area contributed by atoms with Crippen LogP contribution in [-0.4, -0.2) is 55.8 Å². The van der Waals surface area contributed by atoms with E-state index in [9.17, 15) is 14.6 Å². The van der Waals surface area contributed by atoms with Crippen LogP contribution < -0.4 is 19.5 Å². The molecule has 8 heteroatoms. The van der Waals surface area contributed by atoms with Gasteiger partial charge in [-0.15, -0.1) is 0 Å². The monoisotopic (exact) mass is 428 g/mol. The number of benzene rings is 1. The largest absolute Gasteiger partial charge is 0.493 e. The predicted molar refractivity (Wildman–Crippen MR) is 115 cm³/mol. The van der Waals surface area contributed by atoms with Crippen molar-refractivity contribution in [3.05, 3.63) is 17.7 Å². The average molecular weight is 428 g/mol. The van der Waals surface area contributed by atoms with Gasteiger partial charge < -0.3 is 19.5 Å². The number of hydrogen-bond acceptors (Lipinski definition) is 7. The van der Waals surface area contributed by atoms with Crippen molar-refractivity contribution in [1.29, 1.82) is 0 Å². The Balaban J connectivity index is 1.92. The molecule has 0 aromatic heterocycles. The maximum Gasteiger partial charge on any atom is 0.275 e.